The van der Waals surface area contributed by atoms with Crippen LogP contribution in [0, 0.1) is 27.4 Å². The highest BCUT2D eigenvalue weighted by molar-refractivity contribution is 5.94. The fourth-order valence-electron chi connectivity index (χ4n) is 7.83. The van der Waals surface area contributed by atoms with Gasteiger partial charge >= 0.3 is 0 Å². The first kappa shape index (κ1) is 23.9. The van der Waals surface area contributed by atoms with E-state index in [1.54, 1.807) is 13.0 Å². The maximum atomic E-state index is 12.7. The van der Waals surface area contributed by atoms with Gasteiger partial charge in [-0.05, 0) is 79.7 Å². The minimum atomic E-state index is -1.22. The van der Waals surface area contributed by atoms with Gasteiger partial charge in [0.1, 0.15) is 0 Å². The normalized spacial score (nSPS) is 34.3. The van der Waals surface area contributed by atoms with E-state index in [2.05, 4.69) is 6.92 Å². The van der Waals surface area contributed by atoms with Gasteiger partial charge in [-0.3, -0.25) is 19.7 Å². The Morgan fingerprint density at radius 1 is 1.20 bits per heavy atom. The van der Waals surface area contributed by atoms with Crippen LogP contribution < -0.4 is 0 Å². The molecule has 2 fully saturated rings. The second-order valence-electron chi connectivity index (χ2n) is 11.0. The average molecular weight is 476 g/mol. The average Bonchev–Trinajstić information content (AvgIpc) is 3.14. The molecule has 2 saturated carbocycles. The van der Waals surface area contributed by atoms with E-state index in [-0.39, 0.29) is 40.9 Å². The van der Waals surface area contributed by atoms with Gasteiger partial charge in [-0.15, -0.1) is 0 Å². The Morgan fingerprint density at radius 3 is 2.60 bits per heavy atom. The van der Waals surface area contributed by atoms with Gasteiger partial charge in [0.2, 0.25) is 5.54 Å². The number of fused-ring (bicyclic) bond motifs is 4. The molecule has 1 aromatic rings. The molecule has 35 heavy (non-hydrogen) atoms. The zero-order valence-corrected chi connectivity index (χ0v) is 20.5. The number of Topliss-reactive ketones (excluding diaryl/α,β-unsaturated/α-hetero) is 1. The third-order valence-corrected chi connectivity index (χ3v) is 9.49. The van der Waals surface area contributed by atoms with Crippen LogP contribution in [0.2, 0.25) is 0 Å². The number of rotatable bonds is 5. The molecule has 0 spiro atoms. The summed E-state index contributed by atoms with van der Waals surface area (Å²) in [6.45, 7) is 3.42. The van der Waals surface area contributed by atoms with Gasteiger partial charge in [-0.2, -0.15) is 0 Å². The van der Waals surface area contributed by atoms with Crippen LogP contribution in [0.3, 0.4) is 0 Å². The van der Waals surface area contributed by atoms with Crippen molar-refractivity contribution in [1.82, 2.24) is 0 Å². The number of benzene rings is 1. The number of aliphatic hydroxyl groups excluding tert-OH is 1. The first-order valence-corrected chi connectivity index (χ1v) is 12.7. The van der Waals surface area contributed by atoms with E-state index in [0.717, 1.165) is 36.8 Å². The molecule has 0 radical (unpaired) electrons. The van der Waals surface area contributed by atoms with Crippen LogP contribution in [-0.4, -0.2) is 33.7 Å². The molecule has 184 valence electrons. The van der Waals surface area contributed by atoms with Crippen molar-refractivity contribution in [1.29, 1.82) is 0 Å². The predicted molar refractivity (Wildman–Crippen MR) is 133 cm³/mol. The number of carbonyl (C=O) groups is 2. The highest BCUT2D eigenvalue weighted by Gasteiger charge is 2.69. The minimum Gasteiger partial charge on any atom is -0.392 e. The van der Waals surface area contributed by atoms with Gasteiger partial charge in [0.15, 0.2) is 11.6 Å². The van der Waals surface area contributed by atoms with Crippen molar-refractivity contribution in [3.63, 3.8) is 0 Å². The highest BCUT2D eigenvalue weighted by Crippen LogP contribution is 2.67. The summed E-state index contributed by atoms with van der Waals surface area (Å²) in [7, 11) is 0. The Hall–Kier alpha value is -2.86. The summed E-state index contributed by atoms with van der Waals surface area (Å²) in [5.41, 5.74) is 3.77. The van der Waals surface area contributed by atoms with Gasteiger partial charge < -0.3 is 5.11 Å². The fraction of sp³-hybridized carbons (Fsp3) is 0.517. The van der Waals surface area contributed by atoms with Crippen molar-refractivity contribution in [2.45, 2.75) is 70.3 Å². The topological polar surface area (TPSA) is 97.5 Å². The number of carbonyl (C=O) groups excluding carboxylic acids is 2. The number of nitro groups is 1. The Kier molecular flexibility index (Phi) is 5.91. The SMILES string of the molecule is CC(=O)c1ccc([C@H]2C[C@@]3(C)[C@@H](CC[C@]3(/C=C/CO)[N+](=O)[O-])[C@@H]3CCC4=CC(=O)CCC4=C32)cc1. The van der Waals surface area contributed by atoms with Crippen LogP contribution in [0.4, 0.5) is 0 Å². The van der Waals surface area contributed by atoms with Crippen LogP contribution in [0.15, 0.2) is 59.2 Å². The Balaban J connectivity index is 1.69. The van der Waals surface area contributed by atoms with Gasteiger partial charge in [0.05, 0.1) is 6.61 Å². The molecule has 1 N–H and O–H groups in total. The Morgan fingerprint density at radius 2 is 1.94 bits per heavy atom. The van der Waals surface area contributed by atoms with Crippen LogP contribution in [-0.2, 0) is 4.79 Å². The molecule has 5 rings (SSSR count). The van der Waals surface area contributed by atoms with E-state index < -0.39 is 11.0 Å². The van der Waals surface area contributed by atoms with Crippen molar-refractivity contribution >= 4 is 11.6 Å². The zero-order valence-electron chi connectivity index (χ0n) is 20.5. The van der Waals surface area contributed by atoms with Crippen LogP contribution in [0.1, 0.15) is 80.6 Å². The first-order valence-electron chi connectivity index (χ1n) is 12.7. The molecule has 5 atom stereocenters. The molecule has 6 heteroatoms. The lowest BCUT2D eigenvalue weighted by atomic mass is 9.50. The van der Waals surface area contributed by atoms with Crippen LogP contribution in [0.5, 0.6) is 0 Å². The van der Waals surface area contributed by atoms with E-state index in [1.807, 2.05) is 30.3 Å². The molecule has 0 heterocycles. The Labute approximate surface area is 206 Å². The lowest BCUT2D eigenvalue weighted by Gasteiger charge is -2.52. The summed E-state index contributed by atoms with van der Waals surface area (Å²) in [4.78, 5) is 36.6. The minimum absolute atomic E-state index is 0.00545. The molecule has 0 amide bonds. The monoisotopic (exact) mass is 475 g/mol. The van der Waals surface area contributed by atoms with E-state index >= 15 is 0 Å². The van der Waals surface area contributed by atoms with Crippen molar-refractivity contribution < 1.29 is 19.6 Å². The quantitative estimate of drug-likeness (QED) is 0.268. The van der Waals surface area contributed by atoms with E-state index in [9.17, 15) is 24.8 Å². The largest absolute Gasteiger partial charge is 0.392 e. The first-order chi connectivity index (χ1) is 16.7. The van der Waals surface area contributed by atoms with Crippen molar-refractivity contribution in [2.24, 2.45) is 17.3 Å². The van der Waals surface area contributed by atoms with Crippen molar-refractivity contribution in [3.05, 3.63) is 80.5 Å². The number of hydrogen-bond donors (Lipinski definition) is 1. The summed E-state index contributed by atoms with van der Waals surface area (Å²) in [6.07, 6.45) is 9.90. The smallest absolute Gasteiger partial charge is 0.245 e. The number of allylic oxidation sites excluding steroid dienone is 4. The molecule has 0 unspecified atom stereocenters. The predicted octanol–water partition coefficient (Wildman–Crippen LogP) is 5.35. The maximum absolute atomic E-state index is 12.7. The van der Waals surface area contributed by atoms with Gasteiger partial charge in [0, 0.05) is 34.7 Å². The zero-order chi connectivity index (χ0) is 25.0. The standard InChI is InChI=1S/C29H33NO5/c1-18(32)19-4-6-20(7-5-19)25-17-28(2)26(12-14-29(28,30(34)35)13-3-15-31)24-10-8-21-16-22(33)9-11-23(21)27(24)25/h3-7,13,16,24-26,31H,8-12,14-15,17H2,1-2H3/b13-3+/t24-,25+,26-,28-,29-/m0/s1. The number of aliphatic hydroxyl groups is 1. The van der Waals surface area contributed by atoms with Crippen LogP contribution >= 0.6 is 0 Å². The lowest BCUT2D eigenvalue weighted by molar-refractivity contribution is -0.574. The molecular weight excluding hydrogens is 442 g/mol. The summed E-state index contributed by atoms with van der Waals surface area (Å²) >= 11 is 0. The molecule has 0 saturated heterocycles. The molecule has 0 aromatic heterocycles. The molecule has 1 aromatic carbocycles. The second-order valence-corrected chi connectivity index (χ2v) is 11.0. The third-order valence-electron chi connectivity index (χ3n) is 9.49. The fourth-order valence-corrected chi connectivity index (χ4v) is 7.83. The molecule has 6 nitrogen and oxygen atoms in total. The number of ketones is 2. The Bertz CT molecular complexity index is 1180. The number of hydrogen-bond acceptors (Lipinski definition) is 5. The highest BCUT2D eigenvalue weighted by atomic mass is 16.6. The molecular formula is C29H33NO5. The van der Waals surface area contributed by atoms with E-state index in [0.29, 0.717) is 24.8 Å². The molecule has 0 aliphatic heterocycles. The van der Waals surface area contributed by atoms with Gasteiger partial charge in [-0.1, -0.05) is 42.8 Å². The summed E-state index contributed by atoms with van der Waals surface area (Å²) < 4.78 is 0. The van der Waals surface area contributed by atoms with Gasteiger partial charge in [-0.25, -0.2) is 0 Å². The van der Waals surface area contributed by atoms with E-state index in [1.165, 1.54) is 17.2 Å². The number of nitrogens with zero attached hydrogens (tertiary/aromatic N) is 1. The van der Waals surface area contributed by atoms with E-state index in [4.69, 9.17) is 0 Å². The van der Waals surface area contributed by atoms with Gasteiger partial charge in [0.25, 0.3) is 0 Å². The summed E-state index contributed by atoms with van der Waals surface area (Å²) in [5, 5.41) is 22.1. The summed E-state index contributed by atoms with van der Waals surface area (Å²) in [5.74, 6) is 0.599. The van der Waals surface area contributed by atoms with Crippen molar-refractivity contribution in [2.75, 3.05) is 6.61 Å². The molecule has 0 bridgehead atoms. The second kappa shape index (κ2) is 8.66. The third kappa shape index (κ3) is 3.56. The lowest BCUT2D eigenvalue weighted by Crippen LogP contribution is -2.54. The van der Waals surface area contributed by atoms with Crippen LogP contribution in [0.25, 0.3) is 0 Å². The molecule has 4 aliphatic carbocycles. The molecule has 4 aliphatic rings. The summed E-state index contributed by atoms with van der Waals surface area (Å²) in [6, 6.07) is 7.73. The maximum Gasteiger partial charge on any atom is 0.245 e. The van der Waals surface area contributed by atoms with Crippen molar-refractivity contribution in [3.8, 4) is 0 Å².